The zero-order valence-corrected chi connectivity index (χ0v) is 26.8. The Bertz CT molecular complexity index is 1550. The Kier molecular flexibility index (Phi) is 8.78. The van der Waals surface area contributed by atoms with Crippen LogP contribution in [-0.4, -0.2) is 37.1 Å². The first-order chi connectivity index (χ1) is 22.6. The Morgan fingerprint density at radius 2 is 0.870 bits per heavy atom. The maximum Gasteiger partial charge on any atom is 0.199 e. The van der Waals surface area contributed by atoms with Gasteiger partial charge in [0.25, 0.3) is 0 Å². The molecule has 8 aliphatic rings. The second kappa shape index (κ2) is 13.4. The molecule has 0 saturated carbocycles. The second-order valence-electron chi connectivity index (χ2n) is 12.7. The largest absolute Gasteiger partial charge is 0.489 e. The first-order valence-corrected chi connectivity index (χ1v) is 16.6. The van der Waals surface area contributed by atoms with Crippen molar-refractivity contribution in [1.29, 1.82) is 0 Å². The minimum atomic E-state index is -0.435. The van der Waals surface area contributed by atoms with Crippen molar-refractivity contribution < 1.29 is 18.9 Å². The molecule has 4 aromatic carbocycles. The molecule has 0 saturated heterocycles. The lowest BCUT2D eigenvalue weighted by molar-refractivity contribution is 0.244. The van der Waals surface area contributed by atoms with E-state index in [0.29, 0.717) is 26.4 Å². The van der Waals surface area contributed by atoms with E-state index >= 15 is 0 Å². The quantitative estimate of drug-likeness (QED) is 0.230. The van der Waals surface area contributed by atoms with Gasteiger partial charge in [-0.2, -0.15) is 0 Å². The fourth-order valence-electron chi connectivity index (χ4n) is 6.57. The monoisotopic (exact) mass is 614 g/mol. The summed E-state index contributed by atoms with van der Waals surface area (Å²) in [5, 5.41) is 0. The van der Waals surface area contributed by atoms with E-state index in [1.54, 1.807) is 0 Å². The zero-order valence-electron chi connectivity index (χ0n) is 26.8. The summed E-state index contributed by atoms with van der Waals surface area (Å²) in [6.45, 7) is 6.55. The van der Waals surface area contributed by atoms with Gasteiger partial charge in [0.15, 0.2) is 11.8 Å². The lowest BCUT2D eigenvalue weighted by atomic mass is 9.81. The number of rotatable bonds is 2. The highest BCUT2D eigenvalue weighted by molar-refractivity contribution is 6.06. The number of hydrogen-bond acceptors (Lipinski definition) is 6. The minimum absolute atomic E-state index is 0.0642. The highest BCUT2D eigenvalue weighted by Crippen LogP contribution is 2.37. The Labute approximate surface area is 272 Å². The van der Waals surface area contributed by atoms with E-state index in [2.05, 4.69) is 111 Å². The van der Waals surface area contributed by atoms with Crippen LogP contribution >= 0.6 is 0 Å². The van der Waals surface area contributed by atoms with Crippen LogP contribution in [0, 0.1) is 5.41 Å². The molecule has 6 heteroatoms. The van der Waals surface area contributed by atoms with Gasteiger partial charge in [0.2, 0.25) is 0 Å². The molecular weight excluding hydrogens is 572 g/mol. The summed E-state index contributed by atoms with van der Waals surface area (Å²) in [5.74, 6) is 3.26. The topological polar surface area (TPSA) is 61.6 Å². The third-order valence-corrected chi connectivity index (χ3v) is 9.50. The van der Waals surface area contributed by atoms with Gasteiger partial charge >= 0.3 is 0 Å². The van der Waals surface area contributed by atoms with Crippen LogP contribution in [0.1, 0.15) is 60.1 Å². The number of fused-ring (bicyclic) bond motifs is 2. The molecule has 236 valence electrons. The molecule has 0 amide bonds. The molecule has 8 aliphatic heterocycles. The standard InChI is InChI=1S/C40H42N2O4/c1-3-40(4-2)38-41-34(26-45-38)22-30-13-17-36(18-14-30)43-24-32-9-5-28(6-10-32)21-29-7-11-33(12-8-29)25-44-37-19-15-31(16-20-37)23-35-27-46-39(40)42-35/h5-20,34-35H,3-4,21-27H2,1-2H3/t34-,35-/m0/s1. The average molecular weight is 615 g/mol. The lowest BCUT2D eigenvalue weighted by Gasteiger charge is -2.29. The number of ether oxygens (including phenoxy) is 4. The summed E-state index contributed by atoms with van der Waals surface area (Å²) in [6.07, 6.45) is 4.16. The predicted octanol–water partition coefficient (Wildman–Crippen LogP) is 7.94. The van der Waals surface area contributed by atoms with E-state index in [0.717, 1.165) is 66.5 Å². The molecule has 0 fully saturated rings. The van der Waals surface area contributed by atoms with Crippen LogP contribution in [0.25, 0.3) is 0 Å². The number of hydrogen-bond donors (Lipinski definition) is 0. The van der Waals surface area contributed by atoms with E-state index in [1.807, 2.05) is 0 Å². The van der Waals surface area contributed by atoms with Crippen LogP contribution in [0.3, 0.4) is 0 Å². The smallest absolute Gasteiger partial charge is 0.199 e. The van der Waals surface area contributed by atoms with Gasteiger partial charge in [-0.1, -0.05) is 86.6 Å². The third-order valence-electron chi connectivity index (χ3n) is 9.50. The fraction of sp³-hybridized carbons (Fsp3) is 0.350. The molecule has 0 spiro atoms. The van der Waals surface area contributed by atoms with E-state index in [1.165, 1.54) is 22.3 Å². The van der Waals surface area contributed by atoms with Crippen LogP contribution in [-0.2, 0) is 41.9 Å². The first-order valence-electron chi connectivity index (χ1n) is 16.6. The van der Waals surface area contributed by atoms with Crippen molar-refractivity contribution in [3.63, 3.8) is 0 Å². The Morgan fingerprint density at radius 1 is 0.500 bits per heavy atom. The van der Waals surface area contributed by atoms with Gasteiger partial charge in [0.1, 0.15) is 43.3 Å². The molecule has 4 aromatic rings. The van der Waals surface area contributed by atoms with Crippen molar-refractivity contribution in [3.8, 4) is 11.5 Å². The molecular formula is C40H42N2O4. The maximum absolute atomic E-state index is 6.29. The van der Waals surface area contributed by atoms with Gasteiger partial charge in [0, 0.05) is 0 Å². The van der Waals surface area contributed by atoms with Crippen LogP contribution in [0.4, 0.5) is 0 Å². The summed E-state index contributed by atoms with van der Waals surface area (Å²) in [7, 11) is 0. The van der Waals surface area contributed by atoms with Gasteiger partial charge in [-0.05, 0) is 89.8 Å². The number of nitrogens with zero attached hydrogens (tertiary/aromatic N) is 2. The highest BCUT2D eigenvalue weighted by atomic mass is 16.5. The molecule has 0 aliphatic carbocycles. The number of benzene rings is 4. The van der Waals surface area contributed by atoms with Crippen LogP contribution in [0.15, 0.2) is 107 Å². The first kappa shape index (κ1) is 30.1. The van der Waals surface area contributed by atoms with Gasteiger partial charge in [-0.3, -0.25) is 0 Å². The van der Waals surface area contributed by atoms with E-state index in [4.69, 9.17) is 28.9 Å². The lowest BCUT2D eigenvalue weighted by Crippen LogP contribution is -2.39. The Morgan fingerprint density at radius 3 is 1.26 bits per heavy atom. The van der Waals surface area contributed by atoms with E-state index < -0.39 is 5.41 Å². The van der Waals surface area contributed by atoms with Gasteiger partial charge in [-0.25, -0.2) is 9.98 Å². The van der Waals surface area contributed by atoms with E-state index in [-0.39, 0.29) is 12.1 Å². The maximum atomic E-state index is 6.29. The molecule has 8 heterocycles. The third kappa shape index (κ3) is 6.67. The van der Waals surface area contributed by atoms with Gasteiger partial charge in [-0.15, -0.1) is 0 Å². The van der Waals surface area contributed by atoms with Crippen molar-refractivity contribution >= 4 is 11.8 Å². The van der Waals surface area contributed by atoms with E-state index in [9.17, 15) is 0 Å². The van der Waals surface area contributed by atoms with Crippen molar-refractivity contribution in [3.05, 3.63) is 130 Å². The second-order valence-corrected chi connectivity index (χ2v) is 12.7. The normalized spacial score (nSPS) is 20.7. The number of aliphatic imine (C=N–C) groups is 2. The van der Waals surface area contributed by atoms with Crippen molar-refractivity contribution in [2.45, 2.75) is 71.2 Å². The predicted molar refractivity (Wildman–Crippen MR) is 182 cm³/mol. The molecule has 12 bridgehead atoms. The summed E-state index contributed by atoms with van der Waals surface area (Å²) in [4.78, 5) is 10.2. The van der Waals surface area contributed by atoms with Crippen molar-refractivity contribution in [2.24, 2.45) is 15.4 Å². The molecule has 0 aromatic heterocycles. The Balaban J connectivity index is 1.13. The summed E-state index contributed by atoms with van der Waals surface area (Å²) in [6, 6.07) is 34.2. The molecule has 46 heavy (non-hydrogen) atoms. The van der Waals surface area contributed by atoms with Gasteiger partial charge < -0.3 is 18.9 Å². The van der Waals surface area contributed by atoms with Crippen LogP contribution in [0.5, 0.6) is 11.5 Å². The molecule has 6 nitrogen and oxygen atoms in total. The fourth-order valence-corrected chi connectivity index (χ4v) is 6.57. The Hall–Kier alpha value is -4.58. The highest BCUT2D eigenvalue weighted by Gasteiger charge is 2.46. The summed E-state index contributed by atoms with van der Waals surface area (Å²) in [5.41, 5.74) is 6.85. The zero-order chi connectivity index (χ0) is 31.3. The molecule has 0 N–H and O–H groups in total. The van der Waals surface area contributed by atoms with Gasteiger partial charge in [0.05, 0.1) is 12.1 Å². The SMILES string of the molecule is CCC1(CC)C2=N[C@H](CO2)Cc2ccc(cc2)OCc2ccc(cc2)Cc2ccc(cc2)COc2ccc(cc2)C[C@H]2COC1=N2. The summed E-state index contributed by atoms with van der Waals surface area (Å²) >= 11 is 0. The van der Waals surface area contributed by atoms with Crippen molar-refractivity contribution in [2.75, 3.05) is 13.2 Å². The summed E-state index contributed by atoms with van der Waals surface area (Å²) < 4.78 is 24.8. The minimum Gasteiger partial charge on any atom is -0.489 e. The van der Waals surface area contributed by atoms with Crippen LogP contribution < -0.4 is 9.47 Å². The average Bonchev–Trinajstić information content (AvgIpc) is 3.77. The molecule has 2 atom stereocenters. The van der Waals surface area contributed by atoms with Crippen LogP contribution in [0.2, 0.25) is 0 Å². The molecule has 0 radical (unpaired) electrons. The molecule has 12 rings (SSSR count). The van der Waals surface area contributed by atoms with Crippen molar-refractivity contribution in [1.82, 2.24) is 0 Å². The molecule has 0 unspecified atom stereocenters.